The second kappa shape index (κ2) is 6.23. The first-order valence-corrected chi connectivity index (χ1v) is 8.21. The summed E-state index contributed by atoms with van der Waals surface area (Å²) >= 11 is 18.0. The van der Waals surface area contributed by atoms with Crippen LogP contribution in [0, 0.1) is 0 Å². The Morgan fingerprint density at radius 2 is 1.78 bits per heavy atom. The van der Waals surface area contributed by atoms with E-state index in [1.165, 1.54) is 0 Å². The van der Waals surface area contributed by atoms with Crippen LogP contribution in [0.5, 0.6) is 0 Å². The molecule has 6 heteroatoms. The average molecular weight is 371 g/mol. The fraction of sp³-hybridized carbons (Fsp3) is 0.235. The molecule has 0 radical (unpaired) electrons. The second-order valence-corrected chi connectivity index (χ2v) is 7.03. The Morgan fingerprint density at radius 3 is 2.43 bits per heavy atom. The molecule has 0 bridgehead atoms. The highest BCUT2D eigenvalue weighted by Crippen LogP contribution is 2.38. The number of halogens is 3. The van der Waals surface area contributed by atoms with Crippen molar-refractivity contribution in [3.63, 3.8) is 0 Å². The molecule has 0 saturated carbocycles. The summed E-state index contributed by atoms with van der Waals surface area (Å²) < 4.78 is 5.61. The summed E-state index contributed by atoms with van der Waals surface area (Å²) in [6.45, 7) is 1.88. The lowest BCUT2D eigenvalue weighted by atomic mass is 9.91. The van der Waals surface area contributed by atoms with E-state index in [2.05, 4.69) is 5.32 Å². The van der Waals surface area contributed by atoms with Gasteiger partial charge in [-0.1, -0.05) is 46.9 Å². The molecule has 1 aliphatic heterocycles. The Kier molecular flexibility index (Phi) is 4.45. The molecule has 0 amide bonds. The normalized spacial score (nSPS) is 23.7. The molecule has 1 aliphatic rings. The van der Waals surface area contributed by atoms with Gasteiger partial charge in [0.15, 0.2) is 0 Å². The highest BCUT2D eigenvalue weighted by Gasteiger charge is 2.44. The predicted octanol–water partition coefficient (Wildman–Crippen LogP) is 5.29. The van der Waals surface area contributed by atoms with E-state index in [4.69, 9.17) is 39.5 Å². The minimum Gasteiger partial charge on any atom is -0.453 e. The van der Waals surface area contributed by atoms with Crippen LogP contribution >= 0.6 is 34.8 Å². The molecule has 3 nitrogen and oxygen atoms in total. The van der Waals surface area contributed by atoms with Crippen LogP contribution < -0.4 is 5.32 Å². The van der Waals surface area contributed by atoms with Crippen LogP contribution in [0.15, 0.2) is 42.5 Å². The van der Waals surface area contributed by atoms with Crippen molar-refractivity contribution in [2.75, 3.05) is 5.32 Å². The van der Waals surface area contributed by atoms with E-state index in [0.717, 1.165) is 5.56 Å². The van der Waals surface area contributed by atoms with Gasteiger partial charge in [0.25, 0.3) is 0 Å². The molecule has 1 heterocycles. The smallest absolute Gasteiger partial charge is 0.329 e. The molecule has 120 valence electrons. The van der Waals surface area contributed by atoms with E-state index in [1.54, 1.807) is 24.3 Å². The maximum atomic E-state index is 12.2. The highest BCUT2D eigenvalue weighted by atomic mass is 35.5. The number of hydrogen-bond acceptors (Lipinski definition) is 3. The minimum atomic E-state index is -0.720. The molecule has 3 rings (SSSR count). The Labute approximate surface area is 149 Å². The standard InChI is InChI=1S/C17H14Cl3NO2/c1-17(10-3-2-4-11(18)5-10)9-15(16(22)23-17)21-14-7-12(19)6-13(20)8-14/h2-8,15,21H,9H2,1H3. The van der Waals surface area contributed by atoms with E-state index in [-0.39, 0.29) is 5.97 Å². The molecule has 0 aromatic heterocycles. The van der Waals surface area contributed by atoms with Gasteiger partial charge < -0.3 is 10.1 Å². The second-order valence-electron chi connectivity index (χ2n) is 5.72. The number of esters is 1. The molecule has 1 N–H and O–H groups in total. The summed E-state index contributed by atoms with van der Waals surface area (Å²) in [7, 11) is 0. The zero-order valence-electron chi connectivity index (χ0n) is 12.3. The van der Waals surface area contributed by atoms with Crippen molar-refractivity contribution < 1.29 is 9.53 Å². The molecule has 0 aliphatic carbocycles. The zero-order valence-corrected chi connectivity index (χ0v) is 14.5. The van der Waals surface area contributed by atoms with Gasteiger partial charge in [0, 0.05) is 27.2 Å². The number of benzene rings is 2. The number of rotatable bonds is 3. The van der Waals surface area contributed by atoms with Crippen molar-refractivity contribution in [1.29, 1.82) is 0 Å². The molecule has 2 unspecified atom stereocenters. The van der Waals surface area contributed by atoms with Crippen LogP contribution in [0.2, 0.25) is 15.1 Å². The monoisotopic (exact) mass is 369 g/mol. The lowest BCUT2D eigenvalue weighted by molar-refractivity contribution is -0.148. The molecule has 2 aromatic carbocycles. The minimum absolute atomic E-state index is 0.316. The molecular formula is C17H14Cl3NO2. The maximum absolute atomic E-state index is 12.2. The Hall–Kier alpha value is -1.42. The predicted molar refractivity (Wildman–Crippen MR) is 93.4 cm³/mol. The van der Waals surface area contributed by atoms with Gasteiger partial charge in [-0.2, -0.15) is 0 Å². The van der Waals surface area contributed by atoms with Gasteiger partial charge in [-0.15, -0.1) is 0 Å². The average Bonchev–Trinajstić information content (AvgIpc) is 2.73. The van der Waals surface area contributed by atoms with Crippen LogP contribution in [0.3, 0.4) is 0 Å². The molecule has 1 saturated heterocycles. The van der Waals surface area contributed by atoms with Crippen molar-refractivity contribution >= 4 is 46.5 Å². The number of cyclic esters (lactones) is 1. The van der Waals surface area contributed by atoms with Crippen molar-refractivity contribution in [3.8, 4) is 0 Å². The van der Waals surface area contributed by atoms with Gasteiger partial charge in [-0.05, 0) is 42.8 Å². The fourth-order valence-corrected chi connectivity index (χ4v) is 3.47. The molecule has 2 aromatic rings. The van der Waals surface area contributed by atoms with Crippen molar-refractivity contribution in [2.24, 2.45) is 0 Å². The third-order valence-corrected chi connectivity index (χ3v) is 4.51. The highest BCUT2D eigenvalue weighted by molar-refractivity contribution is 6.35. The number of anilines is 1. The van der Waals surface area contributed by atoms with Crippen LogP contribution in [-0.2, 0) is 15.1 Å². The summed E-state index contributed by atoms with van der Waals surface area (Å²) in [6, 6.07) is 11.9. The molecule has 2 atom stereocenters. The van der Waals surface area contributed by atoms with Crippen LogP contribution in [0.1, 0.15) is 18.9 Å². The first-order chi connectivity index (χ1) is 10.9. The lowest BCUT2D eigenvalue weighted by Gasteiger charge is -2.23. The van der Waals surface area contributed by atoms with Gasteiger partial charge in [0.2, 0.25) is 0 Å². The first kappa shape index (κ1) is 16.4. The quantitative estimate of drug-likeness (QED) is 0.746. The number of ether oxygens (including phenoxy) is 1. The summed E-state index contributed by atoms with van der Waals surface area (Å²) in [4.78, 5) is 12.2. The number of carbonyl (C=O) groups excluding carboxylic acids is 1. The van der Waals surface area contributed by atoms with E-state index < -0.39 is 11.6 Å². The third-order valence-electron chi connectivity index (χ3n) is 3.84. The largest absolute Gasteiger partial charge is 0.453 e. The van der Waals surface area contributed by atoms with E-state index in [9.17, 15) is 4.79 Å². The molecule has 0 spiro atoms. The zero-order chi connectivity index (χ0) is 16.6. The van der Waals surface area contributed by atoms with Gasteiger partial charge >= 0.3 is 5.97 Å². The molecule has 1 fully saturated rings. The van der Waals surface area contributed by atoms with Crippen molar-refractivity contribution in [1.82, 2.24) is 0 Å². The van der Waals surface area contributed by atoms with E-state index in [1.807, 2.05) is 25.1 Å². The number of nitrogens with one attached hydrogen (secondary N) is 1. The fourth-order valence-electron chi connectivity index (χ4n) is 2.75. The Morgan fingerprint density at radius 1 is 1.09 bits per heavy atom. The summed E-state index contributed by atoms with van der Waals surface area (Å²) in [5.41, 5.74) is 0.828. The first-order valence-electron chi connectivity index (χ1n) is 7.07. The summed E-state index contributed by atoms with van der Waals surface area (Å²) in [6.07, 6.45) is 0.482. The van der Waals surface area contributed by atoms with Crippen LogP contribution in [-0.4, -0.2) is 12.0 Å². The number of hydrogen-bond donors (Lipinski definition) is 1. The Balaban J connectivity index is 1.82. The van der Waals surface area contributed by atoms with Crippen LogP contribution in [0.4, 0.5) is 5.69 Å². The van der Waals surface area contributed by atoms with Crippen LogP contribution in [0.25, 0.3) is 0 Å². The SMILES string of the molecule is CC1(c2cccc(Cl)c2)CC(Nc2cc(Cl)cc(Cl)c2)C(=O)O1. The van der Waals surface area contributed by atoms with E-state index >= 15 is 0 Å². The molecule has 23 heavy (non-hydrogen) atoms. The number of carbonyl (C=O) groups is 1. The van der Waals surface area contributed by atoms with Gasteiger partial charge in [-0.3, -0.25) is 0 Å². The summed E-state index contributed by atoms with van der Waals surface area (Å²) in [5, 5.41) is 4.75. The van der Waals surface area contributed by atoms with Crippen molar-refractivity contribution in [2.45, 2.75) is 25.0 Å². The van der Waals surface area contributed by atoms with E-state index in [0.29, 0.717) is 27.2 Å². The van der Waals surface area contributed by atoms with Gasteiger partial charge in [0.05, 0.1) is 0 Å². The third kappa shape index (κ3) is 3.57. The Bertz CT molecular complexity index is 745. The lowest BCUT2D eigenvalue weighted by Crippen LogP contribution is -2.25. The molecular weight excluding hydrogens is 357 g/mol. The van der Waals surface area contributed by atoms with Gasteiger partial charge in [-0.25, -0.2) is 4.79 Å². The topological polar surface area (TPSA) is 38.3 Å². The summed E-state index contributed by atoms with van der Waals surface area (Å²) in [5.74, 6) is -0.316. The maximum Gasteiger partial charge on any atom is 0.329 e. The van der Waals surface area contributed by atoms with Crippen molar-refractivity contribution in [3.05, 3.63) is 63.1 Å². The van der Waals surface area contributed by atoms with Gasteiger partial charge in [0.1, 0.15) is 11.6 Å².